The Morgan fingerprint density at radius 3 is 2.23 bits per heavy atom. The molecule has 1 N–H and O–H groups in total. The third-order valence-corrected chi connectivity index (χ3v) is 4.60. The molecule has 13 heavy (non-hydrogen) atoms. The van der Waals surface area contributed by atoms with Gasteiger partial charge in [-0.25, -0.2) is 8.42 Å². The highest BCUT2D eigenvalue weighted by Crippen LogP contribution is 2.22. The highest BCUT2D eigenvalue weighted by molar-refractivity contribution is 7.91. The van der Waals surface area contributed by atoms with Crippen LogP contribution in [0.25, 0.3) is 0 Å². The molecule has 0 aromatic heterocycles. The van der Waals surface area contributed by atoms with Crippen molar-refractivity contribution in [2.45, 2.75) is 25.0 Å². The molecule has 4 nitrogen and oxygen atoms in total. The Morgan fingerprint density at radius 1 is 1.15 bits per heavy atom. The third-order valence-electron chi connectivity index (χ3n) is 2.90. The maximum Gasteiger partial charge on any atom is 0.154 e. The lowest BCUT2D eigenvalue weighted by atomic mass is 10.2. The molecule has 76 valence electrons. The molecule has 0 unspecified atom stereocenters. The first-order valence-electron chi connectivity index (χ1n) is 4.71. The average Bonchev–Trinajstić information content (AvgIpc) is 2.56. The zero-order valence-electron chi connectivity index (χ0n) is 7.52. The highest BCUT2D eigenvalue weighted by Gasteiger charge is 2.40. The molecule has 5 heteroatoms. The van der Waals surface area contributed by atoms with E-state index in [4.69, 9.17) is 0 Å². The second-order valence-electron chi connectivity index (χ2n) is 3.95. The van der Waals surface area contributed by atoms with Gasteiger partial charge >= 0.3 is 0 Å². The van der Waals surface area contributed by atoms with Crippen LogP contribution in [-0.4, -0.2) is 55.2 Å². The first kappa shape index (κ1) is 9.43. The molecule has 0 aromatic rings. The van der Waals surface area contributed by atoms with Crippen molar-refractivity contribution in [1.29, 1.82) is 0 Å². The van der Waals surface area contributed by atoms with Crippen LogP contribution in [0.1, 0.15) is 12.8 Å². The summed E-state index contributed by atoms with van der Waals surface area (Å²) in [7, 11) is -2.97. The number of sulfone groups is 1. The minimum Gasteiger partial charge on any atom is -0.390 e. The van der Waals surface area contributed by atoms with Crippen LogP contribution >= 0.6 is 0 Å². The molecule has 2 fully saturated rings. The van der Waals surface area contributed by atoms with Crippen molar-refractivity contribution in [2.75, 3.05) is 24.6 Å². The molecule has 2 rings (SSSR count). The number of aliphatic hydroxyl groups is 1. The van der Waals surface area contributed by atoms with E-state index in [0.29, 0.717) is 0 Å². The molecule has 2 saturated heterocycles. The molecular formula is C8H15NO3S. The summed E-state index contributed by atoms with van der Waals surface area (Å²) in [5.74, 6) is 0.0995. The van der Waals surface area contributed by atoms with E-state index in [1.165, 1.54) is 0 Å². The lowest BCUT2D eigenvalue weighted by Gasteiger charge is -2.24. The zero-order chi connectivity index (χ0) is 9.47. The maximum atomic E-state index is 11.2. The Morgan fingerprint density at radius 2 is 1.77 bits per heavy atom. The second-order valence-corrected chi connectivity index (χ2v) is 6.11. The van der Waals surface area contributed by atoms with Gasteiger partial charge in [-0.3, -0.25) is 4.90 Å². The van der Waals surface area contributed by atoms with Gasteiger partial charge in [-0.05, 0) is 25.9 Å². The van der Waals surface area contributed by atoms with Crippen molar-refractivity contribution in [3.8, 4) is 0 Å². The minimum atomic E-state index is -2.97. The highest BCUT2D eigenvalue weighted by atomic mass is 32.2. The van der Waals surface area contributed by atoms with E-state index in [-0.39, 0.29) is 17.5 Å². The van der Waals surface area contributed by atoms with Crippen molar-refractivity contribution in [3.63, 3.8) is 0 Å². The van der Waals surface area contributed by atoms with Crippen molar-refractivity contribution in [1.82, 2.24) is 4.90 Å². The van der Waals surface area contributed by atoms with Gasteiger partial charge < -0.3 is 5.11 Å². The molecule has 0 radical (unpaired) electrons. The summed E-state index contributed by atoms with van der Waals surface area (Å²) in [6, 6.07) is -0.132. The molecule has 2 atom stereocenters. The second kappa shape index (κ2) is 3.22. The fraction of sp³-hybridized carbons (Fsp3) is 1.00. The Bertz CT molecular complexity index is 282. The van der Waals surface area contributed by atoms with Crippen LogP contribution in [0.3, 0.4) is 0 Å². The van der Waals surface area contributed by atoms with Crippen molar-refractivity contribution in [2.24, 2.45) is 0 Å². The maximum absolute atomic E-state index is 11.2. The van der Waals surface area contributed by atoms with Crippen molar-refractivity contribution < 1.29 is 13.5 Å². The Labute approximate surface area is 78.5 Å². The molecule has 0 saturated carbocycles. The fourth-order valence-corrected chi connectivity index (χ4v) is 4.06. The summed E-state index contributed by atoms with van der Waals surface area (Å²) < 4.78 is 22.4. The molecule has 2 aliphatic heterocycles. The fourth-order valence-electron chi connectivity index (χ4n) is 2.23. The van der Waals surface area contributed by atoms with E-state index in [9.17, 15) is 13.5 Å². The molecule has 0 bridgehead atoms. The number of likely N-dealkylation sites (tertiary alicyclic amines) is 1. The van der Waals surface area contributed by atoms with Gasteiger partial charge in [0.25, 0.3) is 0 Å². The van der Waals surface area contributed by atoms with Crippen LogP contribution in [0.2, 0.25) is 0 Å². The van der Waals surface area contributed by atoms with Gasteiger partial charge in [0.1, 0.15) is 0 Å². The smallest absolute Gasteiger partial charge is 0.154 e. The minimum absolute atomic E-state index is 0.0475. The zero-order valence-corrected chi connectivity index (χ0v) is 8.33. The summed E-state index contributed by atoms with van der Waals surface area (Å²) in [5, 5.41) is 9.56. The van der Waals surface area contributed by atoms with Crippen molar-refractivity contribution in [3.05, 3.63) is 0 Å². The summed E-state index contributed by atoms with van der Waals surface area (Å²) >= 11 is 0. The molecule has 0 spiro atoms. The molecule has 2 aliphatic rings. The van der Waals surface area contributed by atoms with Crippen LogP contribution in [0.4, 0.5) is 0 Å². The van der Waals surface area contributed by atoms with Crippen LogP contribution in [-0.2, 0) is 9.84 Å². The van der Waals surface area contributed by atoms with Gasteiger partial charge in [0.15, 0.2) is 9.84 Å². The van der Waals surface area contributed by atoms with Crippen LogP contribution in [0.5, 0.6) is 0 Å². The van der Waals surface area contributed by atoms with Gasteiger partial charge in [0, 0.05) is 0 Å². The van der Waals surface area contributed by atoms with E-state index in [1.54, 1.807) is 0 Å². The van der Waals surface area contributed by atoms with Gasteiger partial charge in [0.05, 0.1) is 23.7 Å². The van der Waals surface area contributed by atoms with E-state index < -0.39 is 15.9 Å². The van der Waals surface area contributed by atoms with Gasteiger partial charge in [0.2, 0.25) is 0 Å². The Hall–Kier alpha value is -0.130. The van der Waals surface area contributed by atoms with Crippen LogP contribution in [0.15, 0.2) is 0 Å². The average molecular weight is 205 g/mol. The lowest BCUT2D eigenvalue weighted by molar-refractivity contribution is 0.0988. The predicted octanol–water partition coefficient (Wildman–Crippen LogP) is -0.760. The Kier molecular flexibility index (Phi) is 2.33. The molecule has 0 aliphatic carbocycles. The monoisotopic (exact) mass is 205 g/mol. The van der Waals surface area contributed by atoms with Crippen LogP contribution in [0, 0.1) is 0 Å². The number of hydrogen-bond acceptors (Lipinski definition) is 4. The number of rotatable bonds is 1. The molecule has 0 aromatic carbocycles. The van der Waals surface area contributed by atoms with Crippen LogP contribution < -0.4 is 0 Å². The summed E-state index contributed by atoms with van der Waals surface area (Å²) in [5.41, 5.74) is 0. The lowest BCUT2D eigenvalue weighted by Crippen LogP contribution is -2.41. The summed E-state index contributed by atoms with van der Waals surface area (Å²) in [6.07, 6.45) is 1.59. The molecule has 2 heterocycles. The van der Waals surface area contributed by atoms with Gasteiger partial charge in [-0.15, -0.1) is 0 Å². The molecule has 0 amide bonds. The predicted molar refractivity (Wildman–Crippen MR) is 49.3 cm³/mol. The third kappa shape index (κ3) is 1.87. The molecular weight excluding hydrogens is 190 g/mol. The Balaban J connectivity index is 2.08. The first-order valence-corrected chi connectivity index (χ1v) is 6.53. The number of hydrogen-bond donors (Lipinski definition) is 1. The quantitative estimate of drug-likeness (QED) is 0.611. The topological polar surface area (TPSA) is 57.6 Å². The normalized spacial score (nSPS) is 39.8. The van der Waals surface area contributed by atoms with Gasteiger partial charge in [-0.2, -0.15) is 0 Å². The van der Waals surface area contributed by atoms with E-state index in [2.05, 4.69) is 4.90 Å². The first-order chi connectivity index (χ1) is 6.08. The number of nitrogens with zero attached hydrogens (tertiary/aromatic N) is 1. The van der Waals surface area contributed by atoms with Gasteiger partial charge in [-0.1, -0.05) is 0 Å². The SMILES string of the molecule is O=S1(=O)C[C@@H](N2CCCC2)[C@@H](O)C1. The number of aliphatic hydroxyl groups excluding tert-OH is 1. The van der Waals surface area contributed by atoms with Crippen molar-refractivity contribution >= 4 is 9.84 Å². The van der Waals surface area contributed by atoms with E-state index in [0.717, 1.165) is 25.9 Å². The largest absolute Gasteiger partial charge is 0.390 e. The summed E-state index contributed by atoms with van der Waals surface area (Å²) in [6.45, 7) is 1.88. The summed E-state index contributed by atoms with van der Waals surface area (Å²) in [4.78, 5) is 2.11. The standard InChI is InChI=1S/C8H15NO3S/c10-8-6-13(11,12)5-7(8)9-3-1-2-4-9/h7-8,10H,1-6H2/t7-,8+/m1/s1. The van der Waals surface area contributed by atoms with E-state index >= 15 is 0 Å². The van der Waals surface area contributed by atoms with E-state index in [1.807, 2.05) is 0 Å².